The van der Waals surface area contributed by atoms with Gasteiger partial charge in [0, 0.05) is 0 Å². The fourth-order valence-corrected chi connectivity index (χ4v) is 0.853. The van der Waals surface area contributed by atoms with Gasteiger partial charge < -0.3 is 9.47 Å². The highest BCUT2D eigenvalue weighted by molar-refractivity contribution is 6.32. The maximum absolute atomic E-state index is 5.52. The fraction of sp³-hybridized carbons (Fsp3) is 0.250. The highest BCUT2D eigenvalue weighted by atomic mass is 16.5. The van der Waals surface area contributed by atoms with Crippen LogP contribution < -0.4 is 14.9 Å². The number of hydrogen-bond donors (Lipinski definition) is 0. The van der Waals surface area contributed by atoms with E-state index in [0.29, 0.717) is 17.0 Å². The first-order valence-corrected chi connectivity index (χ1v) is 3.25. The van der Waals surface area contributed by atoms with Crippen LogP contribution in [0.4, 0.5) is 0 Å². The molecule has 0 heterocycles. The van der Waals surface area contributed by atoms with E-state index in [-0.39, 0.29) is 0 Å². The molecule has 0 bridgehead atoms. The van der Waals surface area contributed by atoms with Crippen molar-refractivity contribution >= 4 is 13.3 Å². The van der Waals surface area contributed by atoms with Crippen LogP contribution in [-0.2, 0) is 0 Å². The van der Waals surface area contributed by atoms with Crippen LogP contribution >= 0.6 is 0 Å². The summed E-state index contributed by atoms with van der Waals surface area (Å²) in [4.78, 5) is 0. The van der Waals surface area contributed by atoms with Gasteiger partial charge in [-0.15, -0.1) is 0 Å². The normalized spacial score (nSPS) is 9.27. The van der Waals surface area contributed by atoms with Crippen molar-refractivity contribution in [3.63, 3.8) is 0 Å². The molecule has 0 aliphatic carbocycles. The standard InChI is InChI=1S/C8H9BO2/c1-10-7-4-3-6(9)5-8(7)11-2/h3-5H,1-2H3. The van der Waals surface area contributed by atoms with Crippen LogP contribution in [0.5, 0.6) is 11.5 Å². The number of hydrogen-bond acceptors (Lipinski definition) is 2. The average molecular weight is 148 g/mol. The molecule has 3 heteroatoms. The van der Waals surface area contributed by atoms with Crippen LogP contribution in [0, 0.1) is 0 Å². The summed E-state index contributed by atoms with van der Waals surface area (Å²) in [6, 6.07) is 5.26. The molecule has 56 valence electrons. The summed E-state index contributed by atoms with van der Waals surface area (Å²) in [5.74, 6) is 1.36. The van der Waals surface area contributed by atoms with E-state index in [1.807, 2.05) is 0 Å². The number of rotatable bonds is 2. The zero-order chi connectivity index (χ0) is 8.27. The molecule has 0 spiro atoms. The van der Waals surface area contributed by atoms with Crippen molar-refractivity contribution in [3.05, 3.63) is 18.2 Å². The third kappa shape index (κ3) is 1.67. The summed E-state index contributed by atoms with van der Waals surface area (Å²) in [5, 5.41) is 0. The minimum absolute atomic E-state index is 0.660. The van der Waals surface area contributed by atoms with Crippen molar-refractivity contribution in [2.24, 2.45) is 0 Å². The quantitative estimate of drug-likeness (QED) is 0.568. The Morgan fingerprint density at radius 1 is 1.09 bits per heavy atom. The molecule has 0 unspecified atom stereocenters. The number of benzene rings is 1. The molecule has 1 aromatic carbocycles. The Kier molecular flexibility index (Phi) is 2.42. The first-order chi connectivity index (χ1) is 5.27. The minimum atomic E-state index is 0.660. The summed E-state index contributed by atoms with van der Waals surface area (Å²) in [6.45, 7) is 0. The van der Waals surface area contributed by atoms with Crippen molar-refractivity contribution in [2.75, 3.05) is 14.2 Å². The smallest absolute Gasteiger partial charge is 0.160 e. The van der Waals surface area contributed by atoms with Crippen molar-refractivity contribution in [3.8, 4) is 11.5 Å². The van der Waals surface area contributed by atoms with E-state index >= 15 is 0 Å². The van der Waals surface area contributed by atoms with Crippen LogP contribution in [0.3, 0.4) is 0 Å². The van der Waals surface area contributed by atoms with Crippen molar-refractivity contribution in [1.82, 2.24) is 0 Å². The Labute approximate surface area is 67.5 Å². The average Bonchev–Trinajstić information content (AvgIpc) is 2.04. The van der Waals surface area contributed by atoms with E-state index < -0.39 is 0 Å². The molecule has 0 atom stereocenters. The van der Waals surface area contributed by atoms with E-state index in [1.54, 1.807) is 32.4 Å². The third-order valence-electron chi connectivity index (χ3n) is 1.41. The van der Waals surface area contributed by atoms with Crippen LogP contribution in [0.15, 0.2) is 18.2 Å². The highest BCUT2D eigenvalue weighted by Crippen LogP contribution is 2.23. The lowest BCUT2D eigenvalue weighted by atomic mass is 9.96. The first kappa shape index (κ1) is 7.99. The van der Waals surface area contributed by atoms with Gasteiger partial charge in [-0.05, 0) is 12.1 Å². The molecule has 0 fully saturated rings. The highest BCUT2D eigenvalue weighted by Gasteiger charge is 2.00. The van der Waals surface area contributed by atoms with Gasteiger partial charge in [0.15, 0.2) is 11.5 Å². The Morgan fingerprint density at radius 2 is 1.73 bits per heavy atom. The van der Waals surface area contributed by atoms with Gasteiger partial charge in [-0.3, -0.25) is 0 Å². The molecule has 0 saturated heterocycles. The van der Waals surface area contributed by atoms with E-state index in [1.165, 1.54) is 0 Å². The van der Waals surface area contributed by atoms with Gasteiger partial charge >= 0.3 is 0 Å². The molecule has 2 nitrogen and oxygen atoms in total. The molecule has 1 aromatic rings. The second kappa shape index (κ2) is 3.33. The third-order valence-corrected chi connectivity index (χ3v) is 1.41. The number of methoxy groups -OCH3 is 2. The molecule has 0 aliphatic rings. The monoisotopic (exact) mass is 148 g/mol. The summed E-state index contributed by atoms with van der Waals surface area (Å²) in [7, 11) is 8.69. The molecule has 0 aliphatic heterocycles. The molecule has 0 aromatic heterocycles. The molecule has 0 N–H and O–H groups in total. The van der Waals surface area contributed by atoms with Gasteiger partial charge in [-0.25, -0.2) is 0 Å². The van der Waals surface area contributed by atoms with Gasteiger partial charge in [0.1, 0.15) is 7.85 Å². The molecular formula is C8H9BO2. The predicted octanol–water partition coefficient (Wildman–Crippen LogP) is 0.498. The largest absolute Gasteiger partial charge is 0.493 e. The van der Waals surface area contributed by atoms with Crippen LogP contribution in [0.2, 0.25) is 0 Å². The van der Waals surface area contributed by atoms with E-state index in [4.69, 9.17) is 17.3 Å². The van der Waals surface area contributed by atoms with E-state index in [9.17, 15) is 0 Å². The van der Waals surface area contributed by atoms with Gasteiger partial charge in [0.2, 0.25) is 0 Å². The van der Waals surface area contributed by atoms with Crippen molar-refractivity contribution < 1.29 is 9.47 Å². The van der Waals surface area contributed by atoms with Gasteiger partial charge in [0.25, 0.3) is 0 Å². The van der Waals surface area contributed by atoms with Crippen molar-refractivity contribution in [2.45, 2.75) is 0 Å². The molecular weight excluding hydrogens is 139 g/mol. The fourth-order valence-electron chi connectivity index (χ4n) is 0.853. The summed E-state index contributed by atoms with van der Waals surface area (Å²) in [5.41, 5.74) is 0.669. The predicted molar refractivity (Wildman–Crippen MR) is 44.9 cm³/mol. The molecule has 2 radical (unpaired) electrons. The molecule has 0 saturated carbocycles. The molecule has 11 heavy (non-hydrogen) atoms. The lowest BCUT2D eigenvalue weighted by molar-refractivity contribution is 0.355. The minimum Gasteiger partial charge on any atom is -0.493 e. The second-order valence-corrected chi connectivity index (χ2v) is 2.11. The van der Waals surface area contributed by atoms with Gasteiger partial charge in [0.05, 0.1) is 14.2 Å². The summed E-state index contributed by atoms with van der Waals surface area (Å²) in [6.07, 6.45) is 0. The second-order valence-electron chi connectivity index (χ2n) is 2.11. The zero-order valence-corrected chi connectivity index (χ0v) is 6.63. The maximum atomic E-state index is 5.52. The van der Waals surface area contributed by atoms with Gasteiger partial charge in [-0.1, -0.05) is 11.5 Å². The Morgan fingerprint density at radius 3 is 2.27 bits per heavy atom. The number of ether oxygens (including phenoxy) is 2. The SMILES string of the molecule is [B]c1ccc(OC)c(OC)c1. The van der Waals surface area contributed by atoms with E-state index in [2.05, 4.69) is 0 Å². The van der Waals surface area contributed by atoms with E-state index in [0.717, 1.165) is 0 Å². The first-order valence-electron chi connectivity index (χ1n) is 3.25. The molecule has 1 rings (SSSR count). The topological polar surface area (TPSA) is 18.5 Å². The maximum Gasteiger partial charge on any atom is 0.160 e. The lowest BCUT2D eigenvalue weighted by Crippen LogP contribution is -2.02. The van der Waals surface area contributed by atoms with Crippen molar-refractivity contribution in [1.29, 1.82) is 0 Å². The Hall–Kier alpha value is -1.12. The summed E-state index contributed by atoms with van der Waals surface area (Å²) < 4.78 is 10.0. The Bertz CT molecular complexity index is 248. The molecule has 0 amide bonds. The lowest BCUT2D eigenvalue weighted by Gasteiger charge is -2.07. The zero-order valence-electron chi connectivity index (χ0n) is 6.63. The van der Waals surface area contributed by atoms with Crippen LogP contribution in [0.1, 0.15) is 0 Å². The summed E-state index contributed by atoms with van der Waals surface area (Å²) >= 11 is 0. The van der Waals surface area contributed by atoms with Crippen LogP contribution in [0.25, 0.3) is 0 Å². The van der Waals surface area contributed by atoms with Gasteiger partial charge in [-0.2, -0.15) is 0 Å². The van der Waals surface area contributed by atoms with Crippen LogP contribution in [-0.4, -0.2) is 22.1 Å². The Balaban J connectivity index is 3.06.